The van der Waals surface area contributed by atoms with Gasteiger partial charge in [-0.05, 0) is 60.8 Å². The molecule has 1 saturated carbocycles. The van der Waals surface area contributed by atoms with Gasteiger partial charge in [0.1, 0.15) is 5.78 Å². The first-order valence-electron chi connectivity index (χ1n) is 11.9. The maximum absolute atomic E-state index is 13.7. The van der Waals surface area contributed by atoms with Crippen LogP contribution in [0.2, 0.25) is 0 Å². The van der Waals surface area contributed by atoms with Crippen molar-refractivity contribution >= 4 is 11.4 Å². The van der Waals surface area contributed by atoms with Crippen LogP contribution in [0.3, 0.4) is 0 Å². The lowest BCUT2D eigenvalue weighted by atomic mass is 9.75. The summed E-state index contributed by atoms with van der Waals surface area (Å²) in [7, 11) is 0. The number of carbonyl (C=O) groups excluding carboxylic acids is 1. The molecule has 2 unspecified atom stereocenters. The van der Waals surface area contributed by atoms with E-state index in [0.717, 1.165) is 25.7 Å². The fraction of sp³-hybridized carbons (Fsp3) is 0.483. The zero-order valence-electron chi connectivity index (χ0n) is 18.9. The number of ketones is 1. The zero-order chi connectivity index (χ0) is 21.1. The van der Waals surface area contributed by atoms with Gasteiger partial charge in [0.05, 0.1) is 0 Å². The van der Waals surface area contributed by atoms with Gasteiger partial charge in [0.15, 0.2) is 0 Å². The largest absolute Gasteiger partial charge is 0.299 e. The lowest BCUT2D eigenvalue weighted by molar-refractivity contribution is -0.126. The number of hydrogen-bond donors (Lipinski definition) is 0. The lowest BCUT2D eigenvalue weighted by Crippen LogP contribution is -2.27. The first kappa shape index (κ1) is 21.1. The Labute approximate surface area is 182 Å². The Morgan fingerprint density at radius 3 is 2.37 bits per heavy atom. The number of carbonyl (C=O) groups is 1. The second-order valence-electron chi connectivity index (χ2n) is 9.93. The van der Waals surface area contributed by atoms with Crippen LogP contribution in [0.25, 0.3) is 5.57 Å². The molecule has 2 atom stereocenters. The van der Waals surface area contributed by atoms with Crippen LogP contribution in [0.4, 0.5) is 0 Å². The third-order valence-electron chi connectivity index (χ3n) is 7.10. The van der Waals surface area contributed by atoms with E-state index in [0.29, 0.717) is 11.7 Å². The van der Waals surface area contributed by atoms with Gasteiger partial charge in [0, 0.05) is 17.8 Å². The highest BCUT2D eigenvalue weighted by Crippen LogP contribution is 2.46. The smallest absolute Gasteiger partial charge is 0.143 e. The van der Waals surface area contributed by atoms with Crippen LogP contribution in [0, 0.1) is 24.7 Å². The summed E-state index contributed by atoms with van der Waals surface area (Å²) in [4.78, 5) is 13.7. The van der Waals surface area contributed by atoms with Crippen molar-refractivity contribution < 1.29 is 4.79 Å². The van der Waals surface area contributed by atoms with Gasteiger partial charge < -0.3 is 0 Å². The average molecular weight is 401 g/mol. The molecule has 0 heterocycles. The average Bonchev–Trinajstić information content (AvgIpc) is 3.19. The fourth-order valence-corrected chi connectivity index (χ4v) is 5.51. The van der Waals surface area contributed by atoms with Crippen molar-refractivity contribution in [1.82, 2.24) is 0 Å². The molecule has 0 aromatic heterocycles. The number of rotatable bonds is 6. The quantitative estimate of drug-likeness (QED) is 0.490. The Hall–Kier alpha value is -2.15. The van der Waals surface area contributed by atoms with E-state index >= 15 is 0 Å². The van der Waals surface area contributed by atoms with E-state index in [1.165, 1.54) is 47.1 Å². The van der Waals surface area contributed by atoms with Crippen LogP contribution in [0.15, 0.2) is 54.6 Å². The van der Waals surface area contributed by atoms with Crippen LogP contribution in [-0.2, 0) is 11.2 Å². The first-order chi connectivity index (χ1) is 14.5. The zero-order valence-corrected chi connectivity index (χ0v) is 18.9. The molecule has 1 nitrogen and oxygen atoms in total. The maximum atomic E-state index is 13.7. The number of aryl methyl sites for hydroxylation is 1. The van der Waals surface area contributed by atoms with Crippen molar-refractivity contribution in [2.45, 2.75) is 71.6 Å². The van der Waals surface area contributed by atoms with Gasteiger partial charge in [-0.1, -0.05) is 93.3 Å². The normalized spacial score (nSPS) is 22.3. The highest BCUT2D eigenvalue weighted by Gasteiger charge is 2.38. The van der Waals surface area contributed by atoms with Crippen molar-refractivity contribution in [3.63, 3.8) is 0 Å². The molecular weight excluding hydrogens is 364 g/mol. The maximum Gasteiger partial charge on any atom is 0.143 e. The Balaban J connectivity index is 1.69. The van der Waals surface area contributed by atoms with E-state index in [4.69, 9.17) is 0 Å². The van der Waals surface area contributed by atoms with E-state index < -0.39 is 0 Å². The van der Waals surface area contributed by atoms with E-state index in [9.17, 15) is 4.79 Å². The molecule has 158 valence electrons. The van der Waals surface area contributed by atoms with Crippen molar-refractivity contribution in [3.8, 4) is 0 Å². The van der Waals surface area contributed by atoms with E-state index in [2.05, 4.69) is 75.4 Å². The Morgan fingerprint density at radius 1 is 0.967 bits per heavy atom. The molecule has 4 rings (SSSR count). The third kappa shape index (κ3) is 4.61. The highest BCUT2D eigenvalue weighted by molar-refractivity contribution is 5.90. The van der Waals surface area contributed by atoms with Crippen LogP contribution in [0.5, 0.6) is 0 Å². The molecule has 2 aromatic carbocycles. The molecule has 0 aliphatic heterocycles. The molecule has 1 fully saturated rings. The first-order valence-corrected chi connectivity index (χ1v) is 11.9. The van der Waals surface area contributed by atoms with Crippen molar-refractivity contribution in [3.05, 3.63) is 76.9 Å². The van der Waals surface area contributed by atoms with Crippen molar-refractivity contribution in [2.75, 3.05) is 0 Å². The van der Waals surface area contributed by atoms with E-state index in [1.807, 2.05) is 0 Å². The van der Waals surface area contributed by atoms with Gasteiger partial charge in [0.2, 0.25) is 0 Å². The molecule has 1 heteroatoms. The Bertz CT molecular complexity index is 896. The predicted molar refractivity (Wildman–Crippen MR) is 127 cm³/mol. The second-order valence-corrected chi connectivity index (χ2v) is 9.93. The van der Waals surface area contributed by atoms with Crippen LogP contribution < -0.4 is 0 Å². The molecule has 2 aliphatic carbocycles. The van der Waals surface area contributed by atoms with Crippen LogP contribution in [-0.4, -0.2) is 5.78 Å². The monoisotopic (exact) mass is 400 g/mol. The number of allylic oxidation sites excluding steroid dienone is 2. The summed E-state index contributed by atoms with van der Waals surface area (Å²) in [6.45, 7) is 6.70. The molecule has 0 saturated heterocycles. The van der Waals surface area contributed by atoms with Gasteiger partial charge in [-0.15, -0.1) is 0 Å². The minimum Gasteiger partial charge on any atom is -0.299 e. The lowest BCUT2D eigenvalue weighted by Gasteiger charge is -2.27. The topological polar surface area (TPSA) is 17.1 Å². The molecule has 0 bridgehead atoms. The summed E-state index contributed by atoms with van der Waals surface area (Å²) in [5.41, 5.74) is 6.75. The molecule has 30 heavy (non-hydrogen) atoms. The molecule has 0 spiro atoms. The molecular formula is C29H36O. The van der Waals surface area contributed by atoms with Crippen LogP contribution in [0.1, 0.15) is 80.5 Å². The minimum absolute atomic E-state index is 0.0257. The molecule has 0 N–H and O–H groups in total. The summed E-state index contributed by atoms with van der Waals surface area (Å²) < 4.78 is 0. The molecule has 2 aromatic rings. The Morgan fingerprint density at radius 2 is 1.67 bits per heavy atom. The van der Waals surface area contributed by atoms with E-state index in [-0.39, 0.29) is 17.8 Å². The molecule has 2 aliphatic rings. The molecule has 0 radical (unpaired) electrons. The van der Waals surface area contributed by atoms with Crippen molar-refractivity contribution in [2.24, 2.45) is 17.8 Å². The minimum atomic E-state index is 0.0257. The van der Waals surface area contributed by atoms with E-state index in [1.54, 1.807) is 0 Å². The summed E-state index contributed by atoms with van der Waals surface area (Å²) in [5.74, 6) is 1.69. The number of Topliss-reactive ketones (excluding diaryl/α,β-unsaturated/α-hetero) is 1. The van der Waals surface area contributed by atoms with Gasteiger partial charge in [-0.25, -0.2) is 0 Å². The SMILES string of the molecule is Cc1ccc(C2=CC(C(=O)C3CCCCC3)C(c3ccccc3CC(C)C)C2)cc1. The van der Waals surface area contributed by atoms with Crippen molar-refractivity contribution in [1.29, 1.82) is 0 Å². The number of benzene rings is 2. The number of hydrogen-bond acceptors (Lipinski definition) is 1. The van der Waals surface area contributed by atoms with Crippen LogP contribution >= 0.6 is 0 Å². The highest BCUT2D eigenvalue weighted by atomic mass is 16.1. The summed E-state index contributed by atoms with van der Waals surface area (Å²) in [6.07, 6.45) is 10.3. The van der Waals surface area contributed by atoms with Gasteiger partial charge in [-0.3, -0.25) is 4.79 Å². The second kappa shape index (κ2) is 9.33. The Kier molecular flexibility index (Phi) is 6.56. The fourth-order valence-electron chi connectivity index (χ4n) is 5.51. The predicted octanol–water partition coefficient (Wildman–Crippen LogP) is 7.53. The van der Waals surface area contributed by atoms with Gasteiger partial charge >= 0.3 is 0 Å². The van der Waals surface area contributed by atoms with Gasteiger partial charge in [0.25, 0.3) is 0 Å². The summed E-state index contributed by atoms with van der Waals surface area (Å²) in [5, 5.41) is 0. The van der Waals surface area contributed by atoms with Gasteiger partial charge in [-0.2, -0.15) is 0 Å². The summed E-state index contributed by atoms with van der Waals surface area (Å²) >= 11 is 0. The summed E-state index contributed by atoms with van der Waals surface area (Å²) in [6, 6.07) is 17.7. The molecule has 0 amide bonds. The standard InChI is InChI=1S/C29H36O/c1-20(2)17-24-11-7-8-12-26(24)27-18-25(22-15-13-21(3)14-16-22)19-28(27)29(30)23-9-5-4-6-10-23/h7-8,11-16,19-20,23,27-28H,4-6,9-10,17-18H2,1-3H3. The third-order valence-corrected chi connectivity index (χ3v) is 7.10.